The van der Waals surface area contributed by atoms with Crippen LogP contribution in [0.25, 0.3) is 0 Å². The largest absolute Gasteiger partial charge is 0.495 e. The van der Waals surface area contributed by atoms with Gasteiger partial charge < -0.3 is 20.1 Å². The summed E-state index contributed by atoms with van der Waals surface area (Å²) in [5, 5.41) is 5.29. The summed E-state index contributed by atoms with van der Waals surface area (Å²) >= 11 is 0. The Labute approximate surface area is 162 Å². The number of para-hydroxylation sites is 2. The van der Waals surface area contributed by atoms with Gasteiger partial charge in [-0.05, 0) is 30.7 Å². The molecule has 0 radical (unpaired) electrons. The minimum absolute atomic E-state index is 0.0764. The first-order valence-electron chi connectivity index (χ1n) is 8.53. The fourth-order valence-corrected chi connectivity index (χ4v) is 4.36. The van der Waals surface area contributed by atoms with Gasteiger partial charge in [0.1, 0.15) is 11.5 Å². The molecule has 0 unspecified atom stereocenters. The van der Waals surface area contributed by atoms with Crippen LogP contribution < -0.4 is 20.1 Å². The molecule has 0 aromatic heterocycles. The number of anilines is 2. The summed E-state index contributed by atoms with van der Waals surface area (Å²) in [6.45, 7) is 1.46. The molecule has 0 bridgehead atoms. The van der Waals surface area contributed by atoms with Crippen LogP contribution in [-0.4, -0.2) is 39.7 Å². The monoisotopic (exact) mass is 404 g/mol. The molecule has 2 N–H and O–H groups in total. The molecular formula is C19H20N2O6S. The van der Waals surface area contributed by atoms with Crippen LogP contribution in [0.3, 0.4) is 0 Å². The Morgan fingerprint density at radius 1 is 1.29 bits per heavy atom. The van der Waals surface area contributed by atoms with Gasteiger partial charge in [-0.25, -0.2) is 8.42 Å². The number of amides is 2. The molecule has 0 fully saturated rings. The van der Waals surface area contributed by atoms with E-state index in [1.807, 2.05) is 0 Å². The predicted octanol–water partition coefficient (Wildman–Crippen LogP) is 2.14. The number of carbonyl (C=O) groups excluding carboxylic acids is 2. The third-order valence-corrected chi connectivity index (χ3v) is 6.08. The van der Waals surface area contributed by atoms with E-state index in [4.69, 9.17) is 9.47 Å². The standard InChI is InChI=1S/C19H20N2O6S/c1-12-9-14-16(27-11-19(23)21-14)10-17(12)28(24,25)8-7-18(22)20-13-5-3-4-6-15(13)26-2/h3-6,9-10H,7-8,11H2,1-2H3,(H,20,22)(H,21,23). The normalized spacial score (nSPS) is 13.1. The van der Waals surface area contributed by atoms with E-state index in [1.54, 1.807) is 37.3 Å². The van der Waals surface area contributed by atoms with Gasteiger partial charge in [0.15, 0.2) is 16.4 Å². The topological polar surface area (TPSA) is 111 Å². The summed E-state index contributed by atoms with van der Waals surface area (Å²) in [4.78, 5) is 23.7. The summed E-state index contributed by atoms with van der Waals surface area (Å²) in [6.07, 6.45) is -0.214. The maximum absolute atomic E-state index is 12.7. The molecule has 0 atom stereocenters. The zero-order valence-corrected chi connectivity index (χ0v) is 16.3. The Morgan fingerprint density at radius 2 is 2.04 bits per heavy atom. The Hall–Kier alpha value is -3.07. The van der Waals surface area contributed by atoms with Crippen molar-refractivity contribution in [1.29, 1.82) is 0 Å². The van der Waals surface area contributed by atoms with E-state index in [1.165, 1.54) is 13.2 Å². The van der Waals surface area contributed by atoms with E-state index in [2.05, 4.69) is 10.6 Å². The second kappa shape index (κ2) is 7.89. The van der Waals surface area contributed by atoms with Crippen molar-refractivity contribution in [3.63, 3.8) is 0 Å². The molecule has 0 saturated heterocycles. The number of sulfone groups is 1. The smallest absolute Gasteiger partial charge is 0.262 e. The molecule has 0 saturated carbocycles. The second-order valence-corrected chi connectivity index (χ2v) is 8.35. The number of fused-ring (bicyclic) bond motifs is 1. The molecular weight excluding hydrogens is 384 g/mol. The van der Waals surface area contributed by atoms with Crippen molar-refractivity contribution in [3.05, 3.63) is 42.0 Å². The predicted molar refractivity (Wildman–Crippen MR) is 104 cm³/mol. The van der Waals surface area contributed by atoms with Crippen molar-refractivity contribution < 1.29 is 27.5 Å². The molecule has 2 aromatic carbocycles. The minimum atomic E-state index is -3.73. The molecule has 0 aliphatic carbocycles. The zero-order chi connectivity index (χ0) is 20.3. The van der Waals surface area contributed by atoms with Crippen molar-refractivity contribution in [2.45, 2.75) is 18.2 Å². The Kier molecular flexibility index (Phi) is 5.55. The van der Waals surface area contributed by atoms with Crippen molar-refractivity contribution in [1.82, 2.24) is 0 Å². The first-order chi connectivity index (χ1) is 13.3. The van der Waals surface area contributed by atoms with E-state index in [9.17, 15) is 18.0 Å². The molecule has 1 aliphatic rings. The quantitative estimate of drug-likeness (QED) is 0.763. The molecule has 28 heavy (non-hydrogen) atoms. The molecule has 2 aromatic rings. The average Bonchev–Trinajstić information content (AvgIpc) is 2.66. The Balaban J connectivity index is 1.72. The molecule has 8 nitrogen and oxygen atoms in total. The molecule has 1 heterocycles. The SMILES string of the molecule is COc1ccccc1NC(=O)CCS(=O)(=O)c1cc2c(cc1C)NC(=O)CO2. The van der Waals surface area contributed by atoms with Crippen LogP contribution in [0.2, 0.25) is 0 Å². The first-order valence-corrected chi connectivity index (χ1v) is 10.2. The Morgan fingerprint density at radius 3 is 2.79 bits per heavy atom. The van der Waals surface area contributed by atoms with Gasteiger partial charge in [-0.3, -0.25) is 9.59 Å². The van der Waals surface area contributed by atoms with Gasteiger partial charge in [-0.1, -0.05) is 12.1 Å². The van der Waals surface area contributed by atoms with E-state index < -0.39 is 15.7 Å². The van der Waals surface area contributed by atoms with Gasteiger partial charge in [0.25, 0.3) is 5.91 Å². The van der Waals surface area contributed by atoms with E-state index in [0.29, 0.717) is 28.4 Å². The third-order valence-electron chi connectivity index (χ3n) is 4.22. The molecule has 3 rings (SSSR count). The highest BCUT2D eigenvalue weighted by molar-refractivity contribution is 7.91. The van der Waals surface area contributed by atoms with Gasteiger partial charge in [-0.15, -0.1) is 0 Å². The lowest BCUT2D eigenvalue weighted by Crippen LogP contribution is -2.26. The average molecular weight is 404 g/mol. The number of methoxy groups -OCH3 is 1. The maximum Gasteiger partial charge on any atom is 0.262 e. The van der Waals surface area contributed by atoms with Gasteiger partial charge >= 0.3 is 0 Å². The van der Waals surface area contributed by atoms with Crippen molar-refractivity contribution in [3.8, 4) is 11.5 Å². The first kappa shape index (κ1) is 19.7. The highest BCUT2D eigenvalue weighted by Crippen LogP contribution is 2.33. The number of nitrogens with one attached hydrogen (secondary N) is 2. The number of hydrogen-bond acceptors (Lipinski definition) is 6. The molecule has 9 heteroatoms. The molecule has 148 valence electrons. The minimum Gasteiger partial charge on any atom is -0.495 e. The number of rotatable bonds is 6. The zero-order valence-electron chi connectivity index (χ0n) is 15.4. The fraction of sp³-hybridized carbons (Fsp3) is 0.263. The lowest BCUT2D eigenvalue weighted by Gasteiger charge is -2.20. The maximum atomic E-state index is 12.7. The summed E-state index contributed by atoms with van der Waals surface area (Å²) in [5.74, 6) is -0.312. The summed E-state index contributed by atoms with van der Waals surface area (Å²) in [6, 6.07) is 9.81. The molecule has 0 spiro atoms. The van der Waals surface area contributed by atoms with Crippen molar-refractivity contribution in [2.75, 3.05) is 30.1 Å². The second-order valence-electron chi connectivity index (χ2n) is 6.27. The number of carbonyl (C=O) groups is 2. The number of hydrogen-bond donors (Lipinski definition) is 2. The molecule has 2 amide bonds. The molecule has 1 aliphatic heterocycles. The summed E-state index contributed by atoms with van der Waals surface area (Å²) in [7, 11) is -2.24. The van der Waals surface area contributed by atoms with Crippen LogP contribution in [0, 0.1) is 6.92 Å². The van der Waals surface area contributed by atoms with Crippen molar-refractivity contribution in [2.24, 2.45) is 0 Å². The van der Waals surface area contributed by atoms with Crippen LogP contribution in [-0.2, 0) is 19.4 Å². The van der Waals surface area contributed by atoms with Gasteiger partial charge in [-0.2, -0.15) is 0 Å². The summed E-state index contributed by atoms with van der Waals surface area (Å²) < 4.78 is 35.9. The number of aryl methyl sites for hydroxylation is 1. The van der Waals surface area contributed by atoms with Gasteiger partial charge in [0.05, 0.1) is 29.1 Å². The van der Waals surface area contributed by atoms with Gasteiger partial charge in [0.2, 0.25) is 5.91 Å². The summed E-state index contributed by atoms with van der Waals surface area (Å²) in [5.41, 5.74) is 1.37. The van der Waals surface area contributed by atoms with Gasteiger partial charge in [0, 0.05) is 12.5 Å². The van der Waals surface area contributed by atoms with Crippen LogP contribution in [0.4, 0.5) is 11.4 Å². The van der Waals surface area contributed by atoms with E-state index in [-0.39, 0.29) is 29.6 Å². The highest BCUT2D eigenvalue weighted by Gasteiger charge is 2.24. The van der Waals surface area contributed by atoms with E-state index in [0.717, 1.165) is 0 Å². The third kappa shape index (κ3) is 4.25. The highest BCUT2D eigenvalue weighted by atomic mass is 32.2. The Bertz CT molecular complexity index is 1030. The van der Waals surface area contributed by atoms with Crippen molar-refractivity contribution >= 4 is 33.0 Å². The van der Waals surface area contributed by atoms with Crippen LogP contribution >= 0.6 is 0 Å². The fourth-order valence-electron chi connectivity index (χ4n) is 2.85. The van der Waals surface area contributed by atoms with Crippen LogP contribution in [0.1, 0.15) is 12.0 Å². The lowest BCUT2D eigenvalue weighted by atomic mass is 10.2. The van der Waals surface area contributed by atoms with Crippen LogP contribution in [0.15, 0.2) is 41.3 Å². The van der Waals surface area contributed by atoms with Crippen LogP contribution in [0.5, 0.6) is 11.5 Å². The number of ether oxygens (including phenoxy) is 2. The number of benzene rings is 2. The van der Waals surface area contributed by atoms with E-state index >= 15 is 0 Å². The lowest BCUT2D eigenvalue weighted by molar-refractivity contribution is -0.118.